The lowest BCUT2D eigenvalue weighted by atomic mass is 10.1. The fraction of sp³-hybridized carbons (Fsp3) is 0.364. The van der Waals surface area contributed by atoms with Crippen molar-refractivity contribution in [3.05, 3.63) is 62.5 Å². The van der Waals surface area contributed by atoms with Gasteiger partial charge in [0.1, 0.15) is 12.6 Å². The predicted octanol–water partition coefficient (Wildman–Crippen LogP) is 4.46. The Morgan fingerprint density at radius 3 is 2.15 bits per heavy atom. The number of nitrogens with one attached hydrogen (secondary N) is 1. The highest BCUT2D eigenvalue weighted by atomic mass is 79.9. The molecule has 0 saturated heterocycles. The van der Waals surface area contributed by atoms with E-state index in [2.05, 4.69) is 21.2 Å². The van der Waals surface area contributed by atoms with Crippen molar-refractivity contribution < 1.29 is 18.0 Å². The lowest BCUT2D eigenvalue weighted by Crippen LogP contribution is -2.52. The van der Waals surface area contributed by atoms with Crippen LogP contribution in [-0.2, 0) is 26.2 Å². The molecule has 33 heavy (non-hydrogen) atoms. The largest absolute Gasteiger partial charge is 0.352 e. The Labute approximate surface area is 213 Å². The summed E-state index contributed by atoms with van der Waals surface area (Å²) in [5.74, 6) is -0.878. The first kappa shape index (κ1) is 27.4. The van der Waals surface area contributed by atoms with Crippen LogP contribution in [0.3, 0.4) is 0 Å². The number of rotatable bonds is 9. The van der Waals surface area contributed by atoms with E-state index in [0.29, 0.717) is 0 Å². The summed E-state index contributed by atoms with van der Waals surface area (Å²) in [6.07, 6.45) is 0.997. The van der Waals surface area contributed by atoms with E-state index >= 15 is 0 Å². The number of amides is 2. The first-order valence-electron chi connectivity index (χ1n) is 10.1. The summed E-state index contributed by atoms with van der Waals surface area (Å²) in [5, 5.41) is 3.22. The van der Waals surface area contributed by atoms with Crippen LogP contribution in [0.1, 0.15) is 26.3 Å². The molecule has 2 amide bonds. The third-order valence-corrected chi connectivity index (χ3v) is 7.14. The van der Waals surface area contributed by atoms with Gasteiger partial charge in [-0.05, 0) is 56.7 Å². The third kappa shape index (κ3) is 7.88. The summed E-state index contributed by atoms with van der Waals surface area (Å²) in [4.78, 5) is 27.5. The number of sulfonamides is 1. The van der Waals surface area contributed by atoms with E-state index in [4.69, 9.17) is 23.2 Å². The van der Waals surface area contributed by atoms with Gasteiger partial charge in [-0.15, -0.1) is 0 Å². The van der Waals surface area contributed by atoms with Gasteiger partial charge in [-0.25, -0.2) is 8.42 Å². The molecule has 7 nitrogen and oxygen atoms in total. The third-order valence-electron chi connectivity index (χ3n) is 4.73. The van der Waals surface area contributed by atoms with Crippen LogP contribution in [-0.4, -0.2) is 50.0 Å². The molecular weight excluding hydrogens is 553 g/mol. The Kier molecular flexibility index (Phi) is 9.60. The summed E-state index contributed by atoms with van der Waals surface area (Å²) in [7, 11) is -3.84. The van der Waals surface area contributed by atoms with Gasteiger partial charge in [-0.1, -0.05) is 51.3 Å². The standard InChI is InChI=1S/C22H26BrCl2N3O4S/c1-14(2)26-22(30)15(3)27(12-16-5-7-17(23)8-6-16)21(29)13-28(33(4,31)32)18-9-10-19(24)20(25)11-18/h5-11,14-15H,12-13H2,1-4H3,(H,26,30)/t15-/m1/s1. The number of anilines is 1. The molecule has 0 spiro atoms. The van der Waals surface area contributed by atoms with Gasteiger partial charge in [0.25, 0.3) is 0 Å². The van der Waals surface area contributed by atoms with Crippen molar-refractivity contribution in [2.75, 3.05) is 17.1 Å². The second-order valence-electron chi connectivity index (χ2n) is 7.86. The zero-order chi connectivity index (χ0) is 24.9. The van der Waals surface area contributed by atoms with E-state index in [0.717, 1.165) is 20.6 Å². The highest BCUT2D eigenvalue weighted by molar-refractivity contribution is 9.10. The molecule has 1 atom stereocenters. The van der Waals surface area contributed by atoms with Crippen LogP contribution in [0.5, 0.6) is 0 Å². The van der Waals surface area contributed by atoms with Crippen molar-refractivity contribution >= 4 is 66.7 Å². The fourth-order valence-corrected chi connectivity index (χ4v) is 4.43. The number of halogens is 3. The highest BCUT2D eigenvalue weighted by Gasteiger charge is 2.30. The first-order valence-corrected chi connectivity index (χ1v) is 13.5. The molecule has 0 fully saturated rings. The molecule has 0 bridgehead atoms. The van der Waals surface area contributed by atoms with Gasteiger partial charge in [0.2, 0.25) is 21.8 Å². The van der Waals surface area contributed by atoms with Crippen molar-refractivity contribution in [2.45, 2.75) is 39.4 Å². The maximum atomic E-state index is 13.4. The summed E-state index contributed by atoms with van der Waals surface area (Å²) < 4.78 is 26.9. The molecule has 0 heterocycles. The number of nitrogens with zero attached hydrogens (tertiary/aromatic N) is 2. The van der Waals surface area contributed by atoms with Gasteiger partial charge in [0.05, 0.1) is 22.0 Å². The number of carbonyl (C=O) groups excluding carboxylic acids is 2. The van der Waals surface area contributed by atoms with Gasteiger partial charge in [-0.2, -0.15) is 0 Å². The zero-order valence-electron chi connectivity index (χ0n) is 18.7. The Hall–Kier alpha value is -1.81. The molecule has 0 saturated carbocycles. The topological polar surface area (TPSA) is 86.8 Å². The van der Waals surface area contributed by atoms with Crippen LogP contribution in [0.15, 0.2) is 46.9 Å². The number of hydrogen-bond donors (Lipinski definition) is 1. The summed E-state index contributed by atoms with van der Waals surface area (Å²) in [6.45, 7) is 4.87. The summed E-state index contributed by atoms with van der Waals surface area (Å²) in [6, 6.07) is 10.7. The summed E-state index contributed by atoms with van der Waals surface area (Å²) in [5.41, 5.74) is 0.985. The monoisotopic (exact) mass is 577 g/mol. The SMILES string of the molecule is CC(C)NC(=O)[C@@H](C)N(Cc1ccc(Br)cc1)C(=O)CN(c1ccc(Cl)c(Cl)c1)S(C)(=O)=O. The van der Waals surface area contributed by atoms with E-state index < -0.39 is 28.5 Å². The van der Waals surface area contributed by atoms with Gasteiger partial charge < -0.3 is 10.2 Å². The first-order chi connectivity index (χ1) is 15.3. The van der Waals surface area contributed by atoms with Gasteiger partial charge in [0, 0.05) is 17.1 Å². The molecule has 0 aliphatic carbocycles. The maximum absolute atomic E-state index is 13.4. The maximum Gasteiger partial charge on any atom is 0.244 e. The van der Waals surface area contributed by atoms with Crippen LogP contribution in [0.25, 0.3) is 0 Å². The van der Waals surface area contributed by atoms with Crippen LogP contribution in [0, 0.1) is 0 Å². The Bertz CT molecular complexity index is 1110. The Morgan fingerprint density at radius 1 is 1.03 bits per heavy atom. The van der Waals surface area contributed by atoms with E-state index in [1.165, 1.54) is 23.1 Å². The Morgan fingerprint density at radius 2 is 1.64 bits per heavy atom. The molecule has 0 aliphatic heterocycles. The molecule has 11 heteroatoms. The van der Waals surface area contributed by atoms with E-state index in [9.17, 15) is 18.0 Å². The lowest BCUT2D eigenvalue weighted by molar-refractivity contribution is -0.139. The van der Waals surface area contributed by atoms with E-state index in [1.54, 1.807) is 6.92 Å². The number of carbonyl (C=O) groups is 2. The minimum absolute atomic E-state index is 0.117. The van der Waals surface area contributed by atoms with Gasteiger partial charge in [-0.3, -0.25) is 13.9 Å². The Balaban J connectivity index is 2.40. The molecule has 2 aromatic carbocycles. The molecule has 2 aromatic rings. The van der Waals surface area contributed by atoms with Gasteiger partial charge in [0.15, 0.2) is 0 Å². The fourth-order valence-electron chi connectivity index (χ4n) is 3.03. The van der Waals surface area contributed by atoms with Crippen molar-refractivity contribution in [3.8, 4) is 0 Å². The van der Waals surface area contributed by atoms with E-state index in [-0.39, 0.29) is 34.2 Å². The quantitative estimate of drug-likeness (QED) is 0.476. The van der Waals surface area contributed by atoms with Crippen LogP contribution < -0.4 is 9.62 Å². The average Bonchev–Trinajstić information content (AvgIpc) is 2.71. The summed E-state index contributed by atoms with van der Waals surface area (Å²) >= 11 is 15.4. The predicted molar refractivity (Wildman–Crippen MR) is 136 cm³/mol. The molecule has 0 radical (unpaired) electrons. The van der Waals surface area contributed by atoms with Crippen LogP contribution in [0.2, 0.25) is 10.0 Å². The highest BCUT2D eigenvalue weighted by Crippen LogP contribution is 2.28. The number of hydrogen-bond acceptors (Lipinski definition) is 4. The van der Waals surface area contributed by atoms with Crippen LogP contribution >= 0.6 is 39.1 Å². The van der Waals surface area contributed by atoms with Gasteiger partial charge >= 0.3 is 0 Å². The minimum atomic E-state index is -3.84. The van der Waals surface area contributed by atoms with Crippen molar-refractivity contribution in [1.82, 2.24) is 10.2 Å². The van der Waals surface area contributed by atoms with Crippen LogP contribution in [0.4, 0.5) is 5.69 Å². The molecule has 0 unspecified atom stereocenters. The minimum Gasteiger partial charge on any atom is -0.352 e. The normalized spacial score (nSPS) is 12.4. The van der Waals surface area contributed by atoms with Crippen molar-refractivity contribution in [2.24, 2.45) is 0 Å². The average molecular weight is 579 g/mol. The second kappa shape index (κ2) is 11.6. The molecular formula is C22H26BrCl2N3O4S. The molecule has 180 valence electrons. The van der Waals surface area contributed by atoms with E-state index in [1.807, 2.05) is 38.1 Å². The van der Waals surface area contributed by atoms with Crippen molar-refractivity contribution in [3.63, 3.8) is 0 Å². The molecule has 0 aromatic heterocycles. The zero-order valence-corrected chi connectivity index (χ0v) is 22.6. The molecule has 0 aliphatic rings. The lowest BCUT2D eigenvalue weighted by Gasteiger charge is -2.32. The van der Waals surface area contributed by atoms with Crippen molar-refractivity contribution in [1.29, 1.82) is 0 Å². The second-order valence-corrected chi connectivity index (χ2v) is 11.5. The smallest absolute Gasteiger partial charge is 0.244 e. The number of benzene rings is 2. The molecule has 1 N–H and O–H groups in total. The molecule has 2 rings (SSSR count).